The van der Waals surface area contributed by atoms with Gasteiger partial charge in [-0.1, -0.05) is 23.5 Å². The van der Waals surface area contributed by atoms with E-state index < -0.39 is 0 Å². The SMILES string of the molecule is COc1cccc(C[n+]2csc(CCO)c2C)c1. The summed E-state index contributed by atoms with van der Waals surface area (Å²) >= 11 is 1.70. The number of benzene rings is 1. The van der Waals surface area contributed by atoms with Gasteiger partial charge in [-0.2, -0.15) is 4.57 Å². The highest BCUT2D eigenvalue weighted by molar-refractivity contribution is 7.09. The largest absolute Gasteiger partial charge is 0.497 e. The fourth-order valence-corrected chi connectivity index (χ4v) is 2.90. The van der Waals surface area contributed by atoms with Crippen LogP contribution in [0.25, 0.3) is 0 Å². The van der Waals surface area contributed by atoms with E-state index in [-0.39, 0.29) is 6.61 Å². The smallest absolute Gasteiger partial charge is 0.225 e. The van der Waals surface area contributed by atoms with E-state index in [0.29, 0.717) is 0 Å². The fraction of sp³-hybridized carbons (Fsp3) is 0.357. The van der Waals surface area contributed by atoms with E-state index in [9.17, 15) is 0 Å². The fourth-order valence-electron chi connectivity index (χ4n) is 1.92. The molecule has 1 N–H and O–H groups in total. The highest BCUT2D eigenvalue weighted by atomic mass is 32.1. The van der Waals surface area contributed by atoms with Crippen LogP contribution in [0.1, 0.15) is 16.1 Å². The van der Waals surface area contributed by atoms with Crippen LogP contribution in [0.5, 0.6) is 5.75 Å². The van der Waals surface area contributed by atoms with Crippen molar-refractivity contribution in [2.24, 2.45) is 0 Å². The summed E-state index contributed by atoms with van der Waals surface area (Å²) in [4.78, 5) is 1.25. The van der Waals surface area contributed by atoms with E-state index in [2.05, 4.69) is 29.1 Å². The molecule has 0 aliphatic carbocycles. The summed E-state index contributed by atoms with van der Waals surface area (Å²) in [7, 11) is 1.68. The molecule has 0 spiro atoms. The van der Waals surface area contributed by atoms with Gasteiger partial charge in [0.1, 0.15) is 5.75 Å². The lowest BCUT2D eigenvalue weighted by atomic mass is 10.2. The second-order valence-corrected chi connectivity index (χ2v) is 5.12. The molecule has 0 amide bonds. The number of methoxy groups -OCH3 is 1. The van der Waals surface area contributed by atoms with Gasteiger partial charge in [-0.25, -0.2) is 0 Å². The maximum absolute atomic E-state index is 8.99. The van der Waals surface area contributed by atoms with E-state index in [4.69, 9.17) is 9.84 Å². The number of aromatic nitrogens is 1. The highest BCUT2D eigenvalue weighted by Gasteiger charge is 2.15. The van der Waals surface area contributed by atoms with Crippen LogP contribution in [0.15, 0.2) is 29.8 Å². The zero-order chi connectivity index (χ0) is 13.0. The molecule has 18 heavy (non-hydrogen) atoms. The summed E-state index contributed by atoms with van der Waals surface area (Å²) in [6.07, 6.45) is 0.738. The molecular weight excluding hydrogens is 246 g/mol. The van der Waals surface area contributed by atoms with Gasteiger partial charge in [-0.05, 0) is 12.1 Å². The standard InChI is InChI=1S/C14H18NO2S/c1-11-14(6-7-16)18-10-15(11)9-12-4-3-5-13(8-12)17-2/h3-5,8,10,16H,6-7,9H2,1-2H3/q+1. The monoisotopic (exact) mass is 264 g/mol. The van der Waals surface area contributed by atoms with Crippen molar-refractivity contribution in [3.8, 4) is 5.75 Å². The Morgan fingerprint density at radius 3 is 2.94 bits per heavy atom. The van der Waals surface area contributed by atoms with Gasteiger partial charge in [0.15, 0.2) is 12.2 Å². The van der Waals surface area contributed by atoms with Crippen LogP contribution in [-0.4, -0.2) is 18.8 Å². The average Bonchev–Trinajstić information content (AvgIpc) is 2.72. The maximum Gasteiger partial charge on any atom is 0.225 e. The van der Waals surface area contributed by atoms with E-state index in [1.54, 1.807) is 18.4 Å². The van der Waals surface area contributed by atoms with Crippen LogP contribution in [0.2, 0.25) is 0 Å². The van der Waals surface area contributed by atoms with E-state index in [1.165, 1.54) is 16.1 Å². The highest BCUT2D eigenvalue weighted by Crippen LogP contribution is 2.15. The quantitative estimate of drug-likeness (QED) is 0.837. The number of rotatable bonds is 5. The first-order valence-electron chi connectivity index (χ1n) is 5.94. The maximum atomic E-state index is 8.99. The Balaban J connectivity index is 2.17. The molecule has 0 aliphatic heterocycles. The molecule has 0 aliphatic rings. The Labute approximate surface area is 111 Å². The Hall–Kier alpha value is -1.39. The van der Waals surface area contributed by atoms with Crippen molar-refractivity contribution in [3.05, 3.63) is 45.9 Å². The summed E-state index contributed by atoms with van der Waals surface area (Å²) in [6, 6.07) is 8.10. The van der Waals surface area contributed by atoms with Crippen LogP contribution in [0.3, 0.4) is 0 Å². The molecule has 2 aromatic rings. The first-order chi connectivity index (χ1) is 8.74. The van der Waals surface area contributed by atoms with Crippen molar-refractivity contribution in [1.29, 1.82) is 0 Å². The Kier molecular flexibility index (Phi) is 4.33. The number of nitrogens with zero attached hydrogens (tertiary/aromatic N) is 1. The number of hydrogen-bond donors (Lipinski definition) is 1. The molecule has 1 heterocycles. The summed E-state index contributed by atoms with van der Waals surface area (Å²) in [6.45, 7) is 3.15. The number of thiazole rings is 1. The van der Waals surface area contributed by atoms with Crippen molar-refractivity contribution in [1.82, 2.24) is 0 Å². The van der Waals surface area contributed by atoms with Gasteiger partial charge in [0.05, 0.1) is 12.0 Å². The summed E-state index contributed by atoms with van der Waals surface area (Å²) in [5, 5.41) is 8.99. The number of ether oxygens (including phenoxy) is 1. The van der Waals surface area contributed by atoms with Crippen molar-refractivity contribution >= 4 is 11.3 Å². The van der Waals surface area contributed by atoms with Crippen LogP contribution in [0, 0.1) is 6.92 Å². The van der Waals surface area contributed by atoms with Crippen molar-refractivity contribution < 1.29 is 14.4 Å². The first-order valence-corrected chi connectivity index (χ1v) is 6.82. The van der Waals surface area contributed by atoms with Gasteiger partial charge in [-0.3, -0.25) is 0 Å². The van der Waals surface area contributed by atoms with Gasteiger partial charge in [-0.15, -0.1) is 0 Å². The lowest BCUT2D eigenvalue weighted by molar-refractivity contribution is -0.689. The molecule has 0 saturated carbocycles. The Morgan fingerprint density at radius 1 is 1.39 bits per heavy atom. The predicted molar refractivity (Wildman–Crippen MR) is 72.1 cm³/mol. The van der Waals surface area contributed by atoms with Crippen LogP contribution in [0.4, 0.5) is 0 Å². The minimum absolute atomic E-state index is 0.209. The number of hydrogen-bond acceptors (Lipinski definition) is 3. The molecule has 4 heteroatoms. The molecule has 0 saturated heterocycles. The molecule has 1 aromatic carbocycles. The van der Waals surface area contributed by atoms with E-state index in [0.717, 1.165) is 18.7 Å². The molecule has 0 bridgehead atoms. The van der Waals surface area contributed by atoms with E-state index >= 15 is 0 Å². The molecule has 0 radical (unpaired) electrons. The summed E-state index contributed by atoms with van der Waals surface area (Å²) in [5.74, 6) is 0.886. The zero-order valence-electron chi connectivity index (χ0n) is 10.7. The molecule has 0 unspecified atom stereocenters. The number of aliphatic hydroxyl groups excluding tert-OH is 1. The van der Waals surface area contributed by atoms with Gasteiger partial charge < -0.3 is 9.84 Å². The first kappa shape index (κ1) is 13.1. The van der Waals surface area contributed by atoms with Gasteiger partial charge in [0.25, 0.3) is 0 Å². The summed E-state index contributed by atoms with van der Waals surface area (Å²) < 4.78 is 7.44. The molecule has 1 aromatic heterocycles. The minimum atomic E-state index is 0.209. The van der Waals surface area contributed by atoms with Gasteiger partial charge >= 0.3 is 0 Å². The average molecular weight is 264 g/mol. The molecule has 3 nitrogen and oxygen atoms in total. The molecular formula is C14H18NO2S+. The second kappa shape index (κ2) is 5.98. The number of aliphatic hydroxyl groups is 1. The topological polar surface area (TPSA) is 33.3 Å². The lowest BCUT2D eigenvalue weighted by Gasteiger charge is -2.01. The van der Waals surface area contributed by atoms with E-state index in [1.807, 2.05) is 12.1 Å². The van der Waals surface area contributed by atoms with Crippen LogP contribution >= 0.6 is 11.3 Å². The van der Waals surface area contributed by atoms with Crippen LogP contribution in [-0.2, 0) is 13.0 Å². The lowest BCUT2D eigenvalue weighted by Crippen LogP contribution is -2.35. The Morgan fingerprint density at radius 2 is 2.22 bits per heavy atom. The third kappa shape index (κ3) is 2.89. The van der Waals surface area contributed by atoms with Crippen molar-refractivity contribution in [3.63, 3.8) is 0 Å². The van der Waals surface area contributed by atoms with Crippen LogP contribution < -0.4 is 9.30 Å². The summed E-state index contributed by atoms with van der Waals surface area (Å²) in [5.41, 5.74) is 4.56. The van der Waals surface area contributed by atoms with Crippen molar-refractivity contribution in [2.75, 3.05) is 13.7 Å². The second-order valence-electron chi connectivity index (χ2n) is 4.18. The third-order valence-corrected chi connectivity index (χ3v) is 4.13. The Bertz CT molecular complexity index is 522. The molecule has 0 fully saturated rings. The van der Waals surface area contributed by atoms with Crippen molar-refractivity contribution in [2.45, 2.75) is 19.9 Å². The third-order valence-electron chi connectivity index (χ3n) is 2.98. The molecule has 0 atom stereocenters. The minimum Gasteiger partial charge on any atom is -0.497 e. The molecule has 2 rings (SSSR count). The predicted octanol–water partition coefficient (Wildman–Crippen LogP) is 1.94. The van der Waals surface area contributed by atoms with Gasteiger partial charge in [0, 0.05) is 25.5 Å². The zero-order valence-corrected chi connectivity index (χ0v) is 11.5. The van der Waals surface area contributed by atoms with Gasteiger partial charge in [0.2, 0.25) is 5.51 Å². The normalized spacial score (nSPS) is 10.6. The molecule has 96 valence electrons.